The number of carbonyl (C=O) groups is 1. The number of benzene rings is 3. The van der Waals surface area contributed by atoms with Crippen molar-refractivity contribution in [1.82, 2.24) is 20.2 Å². The van der Waals surface area contributed by atoms with Crippen LogP contribution in [0.4, 0.5) is 0 Å². The Morgan fingerprint density at radius 3 is 2.45 bits per heavy atom. The van der Waals surface area contributed by atoms with Crippen LogP contribution in [0.5, 0.6) is 0 Å². The first kappa shape index (κ1) is 23.4. The van der Waals surface area contributed by atoms with Crippen LogP contribution < -0.4 is 5.43 Å². The molecule has 6 nitrogen and oxygen atoms in total. The lowest BCUT2D eigenvalue weighted by molar-refractivity contribution is -0.118. The fourth-order valence-corrected chi connectivity index (χ4v) is 4.46. The van der Waals surface area contributed by atoms with E-state index >= 15 is 0 Å². The van der Waals surface area contributed by atoms with Gasteiger partial charge in [0.15, 0.2) is 11.0 Å². The molecule has 33 heavy (non-hydrogen) atoms. The summed E-state index contributed by atoms with van der Waals surface area (Å²) in [6, 6.07) is 25.5. The van der Waals surface area contributed by atoms with Gasteiger partial charge in [-0.2, -0.15) is 5.10 Å². The maximum Gasteiger partial charge on any atom is 0.250 e. The zero-order valence-electron chi connectivity index (χ0n) is 17.6. The van der Waals surface area contributed by atoms with Gasteiger partial charge in [0.05, 0.1) is 11.5 Å². The highest BCUT2D eigenvalue weighted by Crippen LogP contribution is 2.28. The number of nitrogens with one attached hydrogen (secondary N) is 1. The van der Waals surface area contributed by atoms with Gasteiger partial charge in [-0.15, -0.1) is 10.2 Å². The third-order valence-corrected chi connectivity index (χ3v) is 6.62. The van der Waals surface area contributed by atoms with Gasteiger partial charge in [0, 0.05) is 20.2 Å². The highest BCUT2D eigenvalue weighted by atomic mass is 79.9. The molecule has 1 heterocycles. The van der Waals surface area contributed by atoms with Crippen LogP contribution in [0.15, 0.2) is 98.1 Å². The lowest BCUT2D eigenvalue weighted by Gasteiger charge is -2.10. The first-order valence-corrected chi connectivity index (χ1v) is 12.6. The Kier molecular flexibility index (Phi) is 7.74. The van der Waals surface area contributed by atoms with Gasteiger partial charge in [0.2, 0.25) is 0 Å². The topological polar surface area (TPSA) is 72.2 Å². The van der Waals surface area contributed by atoms with Crippen LogP contribution in [0.25, 0.3) is 17.1 Å². The molecule has 0 saturated heterocycles. The first-order valence-electron chi connectivity index (χ1n) is 10.00. The number of hydrogen-bond acceptors (Lipinski definition) is 5. The fraction of sp³-hybridized carbons (Fsp3) is 0.0833. The van der Waals surface area contributed by atoms with Crippen LogP contribution in [0, 0.1) is 0 Å². The van der Waals surface area contributed by atoms with Gasteiger partial charge in [0.25, 0.3) is 5.91 Å². The molecule has 1 aromatic heterocycles. The van der Waals surface area contributed by atoms with Crippen molar-refractivity contribution < 1.29 is 4.79 Å². The highest BCUT2D eigenvalue weighted by Gasteiger charge is 2.17. The maximum atomic E-state index is 12.5. The first-order chi connectivity index (χ1) is 16.0. The second kappa shape index (κ2) is 10.9. The largest absolute Gasteiger partial charge is 0.272 e. The highest BCUT2D eigenvalue weighted by molar-refractivity contribution is 9.10. The molecule has 0 radical (unpaired) electrons. The van der Waals surface area contributed by atoms with Gasteiger partial charge in [0.1, 0.15) is 0 Å². The van der Waals surface area contributed by atoms with Gasteiger partial charge in [-0.05, 0) is 48.9 Å². The molecule has 4 rings (SSSR count). The molecule has 9 heteroatoms. The summed E-state index contributed by atoms with van der Waals surface area (Å²) in [5.74, 6) is 0.643. The van der Waals surface area contributed by atoms with Crippen LogP contribution in [0.1, 0.15) is 12.5 Å². The molecule has 0 aliphatic carbocycles. The molecule has 0 saturated carbocycles. The summed E-state index contributed by atoms with van der Waals surface area (Å²) in [5.41, 5.74) is 6.13. The van der Waals surface area contributed by atoms with E-state index < -0.39 is 0 Å². The van der Waals surface area contributed by atoms with E-state index in [-0.39, 0.29) is 11.7 Å². The van der Waals surface area contributed by atoms with Crippen molar-refractivity contribution in [2.75, 3.05) is 5.75 Å². The standard InChI is InChI=1S/C24H19Br2N5OS/c1-16(18-8-5-9-20(26)14-18)27-28-22(32)15-33-24-30-29-23(17-6-3-2-4-7-17)31(24)21-12-10-19(25)11-13-21/h2-14H,15H2,1H3,(H,28,32). The average molecular weight is 585 g/mol. The molecule has 0 aliphatic heterocycles. The minimum atomic E-state index is -0.221. The molecule has 0 aliphatic rings. The summed E-state index contributed by atoms with van der Waals surface area (Å²) in [4.78, 5) is 12.5. The van der Waals surface area contributed by atoms with E-state index in [2.05, 4.69) is 52.6 Å². The zero-order chi connectivity index (χ0) is 23.2. The SMILES string of the molecule is CC(=NNC(=O)CSc1nnc(-c2ccccc2)n1-c1ccc(Br)cc1)c1cccc(Br)c1. The van der Waals surface area contributed by atoms with E-state index in [0.717, 1.165) is 31.5 Å². The Morgan fingerprint density at radius 2 is 1.73 bits per heavy atom. The Balaban J connectivity index is 1.52. The van der Waals surface area contributed by atoms with Gasteiger partial charge in [-0.25, -0.2) is 5.43 Å². The zero-order valence-corrected chi connectivity index (χ0v) is 21.6. The van der Waals surface area contributed by atoms with Crippen molar-refractivity contribution in [1.29, 1.82) is 0 Å². The summed E-state index contributed by atoms with van der Waals surface area (Å²) in [7, 11) is 0. The van der Waals surface area contributed by atoms with Gasteiger partial charge in [-0.1, -0.05) is 86.1 Å². The number of hydrogen-bond donors (Lipinski definition) is 1. The number of aromatic nitrogens is 3. The van der Waals surface area contributed by atoms with Crippen molar-refractivity contribution in [2.45, 2.75) is 12.1 Å². The number of carbonyl (C=O) groups excluding carboxylic acids is 1. The third-order valence-electron chi connectivity index (χ3n) is 4.67. The van der Waals surface area contributed by atoms with E-state index in [9.17, 15) is 4.79 Å². The van der Waals surface area contributed by atoms with Crippen LogP contribution >= 0.6 is 43.6 Å². The Morgan fingerprint density at radius 1 is 0.970 bits per heavy atom. The predicted molar refractivity (Wildman–Crippen MR) is 140 cm³/mol. The third kappa shape index (κ3) is 5.98. The molecule has 166 valence electrons. The van der Waals surface area contributed by atoms with E-state index in [1.165, 1.54) is 11.8 Å². The van der Waals surface area contributed by atoms with Crippen molar-refractivity contribution >= 4 is 55.2 Å². The molecule has 1 N–H and O–H groups in total. The second-order valence-electron chi connectivity index (χ2n) is 7.02. The van der Waals surface area contributed by atoms with Crippen LogP contribution in [-0.2, 0) is 4.79 Å². The lowest BCUT2D eigenvalue weighted by Crippen LogP contribution is -2.21. The number of thioether (sulfide) groups is 1. The summed E-state index contributed by atoms with van der Waals surface area (Å²) in [6.45, 7) is 1.85. The minimum Gasteiger partial charge on any atom is -0.272 e. The number of amides is 1. The molecule has 4 aromatic rings. The maximum absolute atomic E-state index is 12.5. The van der Waals surface area contributed by atoms with Crippen LogP contribution in [0.3, 0.4) is 0 Å². The van der Waals surface area contributed by atoms with Gasteiger partial charge < -0.3 is 0 Å². The smallest absolute Gasteiger partial charge is 0.250 e. The quantitative estimate of drug-likeness (QED) is 0.162. The number of nitrogens with zero attached hydrogens (tertiary/aromatic N) is 4. The van der Waals surface area contributed by atoms with Gasteiger partial charge >= 0.3 is 0 Å². The summed E-state index contributed by atoms with van der Waals surface area (Å²) >= 11 is 8.23. The molecule has 0 atom stereocenters. The predicted octanol–water partition coefficient (Wildman–Crippen LogP) is 6.09. The monoisotopic (exact) mass is 583 g/mol. The molecule has 3 aromatic carbocycles. The molecule has 1 amide bonds. The Hall–Kier alpha value is -2.75. The van der Waals surface area contributed by atoms with Crippen LogP contribution in [-0.4, -0.2) is 32.1 Å². The molecular weight excluding hydrogens is 566 g/mol. The van der Waals surface area contributed by atoms with Crippen molar-refractivity contribution in [2.24, 2.45) is 5.10 Å². The average Bonchev–Trinajstić information content (AvgIpc) is 3.26. The minimum absolute atomic E-state index is 0.152. The number of halogens is 2. The van der Waals surface area contributed by atoms with E-state index in [4.69, 9.17) is 0 Å². The van der Waals surface area contributed by atoms with E-state index in [0.29, 0.717) is 11.0 Å². The van der Waals surface area contributed by atoms with Crippen LogP contribution in [0.2, 0.25) is 0 Å². The van der Waals surface area contributed by atoms with Crippen molar-refractivity contribution in [3.63, 3.8) is 0 Å². The molecule has 0 fully saturated rings. The van der Waals surface area contributed by atoms with E-state index in [1.54, 1.807) is 0 Å². The summed E-state index contributed by atoms with van der Waals surface area (Å²) in [5, 5.41) is 13.6. The summed E-state index contributed by atoms with van der Waals surface area (Å²) < 4.78 is 3.89. The number of hydrazone groups is 1. The second-order valence-corrected chi connectivity index (χ2v) is 9.79. The lowest BCUT2D eigenvalue weighted by atomic mass is 10.1. The summed E-state index contributed by atoms with van der Waals surface area (Å²) in [6.07, 6.45) is 0. The number of rotatable bonds is 7. The Bertz CT molecular complexity index is 1290. The molecule has 0 spiro atoms. The van der Waals surface area contributed by atoms with Crippen molar-refractivity contribution in [3.05, 3.63) is 93.4 Å². The van der Waals surface area contributed by atoms with E-state index in [1.807, 2.05) is 90.4 Å². The Labute approximate surface area is 212 Å². The van der Waals surface area contributed by atoms with Crippen molar-refractivity contribution in [3.8, 4) is 17.1 Å². The normalized spacial score (nSPS) is 11.4. The van der Waals surface area contributed by atoms with Gasteiger partial charge in [-0.3, -0.25) is 9.36 Å². The molecule has 0 bridgehead atoms. The molecular formula is C24H19Br2N5OS. The molecule has 0 unspecified atom stereocenters. The fourth-order valence-electron chi connectivity index (χ4n) is 3.05.